The van der Waals surface area contributed by atoms with Crippen molar-refractivity contribution in [2.75, 3.05) is 11.4 Å². The van der Waals surface area contributed by atoms with Crippen LogP contribution in [0.25, 0.3) is 0 Å². The second-order valence-electron chi connectivity index (χ2n) is 3.84. The number of hydrogen-bond donors (Lipinski definition) is 0. The van der Waals surface area contributed by atoms with Crippen molar-refractivity contribution in [1.29, 1.82) is 0 Å². The summed E-state index contributed by atoms with van der Waals surface area (Å²) in [7, 11) is 0. The zero-order valence-corrected chi connectivity index (χ0v) is 11.5. The molecule has 0 spiro atoms. The van der Waals surface area contributed by atoms with Gasteiger partial charge in [-0.05, 0) is 12.5 Å². The Hall–Kier alpha value is -1.32. The van der Waals surface area contributed by atoms with Crippen LogP contribution >= 0.6 is 23.2 Å². The molecule has 2 aromatic rings. The molecule has 18 heavy (non-hydrogen) atoms. The second-order valence-corrected chi connectivity index (χ2v) is 4.59. The third-order valence-corrected chi connectivity index (χ3v) is 3.09. The minimum atomic E-state index is 0.348. The lowest BCUT2D eigenvalue weighted by Crippen LogP contribution is -2.22. The van der Waals surface area contributed by atoms with Crippen molar-refractivity contribution in [2.45, 2.75) is 13.5 Å². The van der Waals surface area contributed by atoms with Gasteiger partial charge in [-0.25, -0.2) is 0 Å². The molecular weight excluding hydrogens is 269 g/mol. The summed E-state index contributed by atoms with van der Waals surface area (Å²) in [6.07, 6.45) is 0. The Balaban J connectivity index is 2.26. The molecule has 1 aromatic heterocycles. The first kappa shape index (κ1) is 13.1. The Morgan fingerprint density at radius 3 is 2.50 bits per heavy atom. The van der Waals surface area contributed by atoms with Gasteiger partial charge >= 0.3 is 0 Å². The predicted molar refractivity (Wildman–Crippen MR) is 75.2 cm³/mol. The fourth-order valence-corrected chi connectivity index (χ4v) is 2.09. The molecule has 5 heteroatoms. The van der Waals surface area contributed by atoms with Crippen LogP contribution in [-0.2, 0) is 6.54 Å². The van der Waals surface area contributed by atoms with Gasteiger partial charge in [-0.1, -0.05) is 53.5 Å². The van der Waals surface area contributed by atoms with E-state index in [1.807, 2.05) is 18.2 Å². The van der Waals surface area contributed by atoms with Crippen molar-refractivity contribution in [3.63, 3.8) is 0 Å². The van der Waals surface area contributed by atoms with E-state index in [1.165, 1.54) is 5.56 Å². The molecule has 3 nitrogen and oxygen atoms in total. The Morgan fingerprint density at radius 1 is 1.11 bits per heavy atom. The summed E-state index contributed by atoms with van der Waals surface area (Å²) in [6, 6.07) is 11.9. The summed E-state index contributed by atoms with van der Waals surface area (Å²) in [5.74, 6) is 0. The van der Waals surface area contributed by atoms with E-state index < -0.39 is 0 Å². The monoisotopic (exact) mass is 281 g/mol. The van der Waals surface area contributed by atoms with Gasteiger partial charge in [-0.3, -0.25) is 0 Å². The summed E-state index contributed by atoms with van der Waals surface area (Å²) >= 11 is 11.9. The van der Waals surface area contributed by atoms with Crippen molar-refractivity contribution in [2.24, 2.45) is 0 Å². The van der Waals surface area contributed by atoms with Crippen LogP contribution in [0, 0.1) is 0 Å². The van der Waals surface area contributed by atoms with Gasteiger partial charge in [-0.2, -0.15) is 0 Å². The molecule has 0 fully saturated rings. The van der Waals surface area contributed by atoms with Crippen molar-refractivity contribution >= 4 is 28.9 Å². The maximum absolute atomic E-state index is 6.06. The van der Waals surface area contributed by atoms with Gasteiger partial charge in [0.1, 0.15) is 0 Å². The topological polar surface area (TPSA) is 29.0 Å². The lowest BCUT2D eigenvalue weighted by atomic mass is 10.2. The summed E-state index contributed by atoms with van der Waals surface area (Å²) in [5.41, 5.74) is 2.02. The molecule has 0 amide bonds. The molecule has 0 aliphatic rings. The highest BCUT2D eigenvalue weighted by molar-refractivity contribution is 6.33. The molecule has 2 rings (SSSR count). The van der Waals surface area contributed by atoms with Crippen LogP contribution < -0.4 is 4.90 Å². The average Bonchev–Trinajstić information content (AvgIpc) is 2.40. The number of benzene rings is 1. The van der Waals surface area contributed by atoms with Gasteiger partial charge in [-0.15, -0.1) is 10.2 Å². The van der Waals surface area contributed by atoms with Crippen molar-refractivity contribution in [1.82, 2.24) is 10.2 Å². The van der Waals surface area contributed by atoms with Crippen molar-refractivity contribution in [3.05, 3.63) is 52.3 Å². The lowest BCUT2D eigenvalue weighted by Gasteiger charge is -2.23. The summed E-state index contributed by atoms with van der Waals surface area (Å²) in [4.78, 5) is 2.11. The normalized spacial score (nSPS) is 10.4. The summed E-state index contributed by atoms with van der Waals surface area (Å²) in [6.45, 7) is 3.64. The van der Waals surface area contributed by atoms with E-state index in [9.17, 15) is 0 Å². The molecule has 0 unspecified atom stereocenters. The Labute approximate surface area is 116 Å². The van der Waals surface area contributed by atoms with Gasteiger partial charge in [0.05, 0.1) is 5.69 Å². The standard InChI is InChI=1S/C13H13Cl2N3/c1-2-18(9-10-6-4-3-5-7-10)11-8-12(14)16-17-13(11)15/h3-8H,2,9H2,1H3. The van der Waals surface area contributed by atoms with Gasteiger partial charge in [0.2, 0.25) is 0 Å². The minimum absolute atomic E-state index is 0.348. The quantitative estimate of drug-likeness (QED) is 0.853. The highest BCUT2D eigenvalue weighted by Gasteiger charge is 2.11. The molecule has 0 saturated carbocycles. The second kappa shape index (κ2) is 6.03. The molecular formula is C13H13Cl2N3. The molecule has 0 aliphatic carbocycles. The minimum Gasteiger partial charge on any atom is -0.365 e. The van der Waals surface area contributed by atoms with Crippen LogP contribution in [0.4, 0.5) is 5.69 Å². The number of rotatable bonds is 4. The van der Waals surface area contributed by atoms with Gasteiger partial charge < -0.3 is 4.90 Å². The average molecular weight is 282 g/mol. The first-order valence-corrected chi connectivity index (χ1v) is 6.44. The summed E-state index contributed by atoms with van der Waals surface area (Å²) < 4.78 is 0. The molecule has 0 atom stereocenters. The van der Waals surface area contributed by atoms with Gasteiger partial charge in [0.25, 0.3) is 0 Å². The van der Waals surface area contributed by atoms with Gasteiger partial charge in [0, 0.05) is 19.2 Å². The Morgan fingerprint density at radius 2 is 1.83 bits per heavy atom. The number of nitrogens with zero attached hydrogens (tertiary/aromatic N) is 3. The van der Waals surface area contributed by atoms with E-state index in [0.29, 0.717) is 10.3 Å². The highest BCUT2D eigenvalue weighted by Crippen LogP contribution is 2.26. The highest BCUT2D eigenvalue weighted by atomic mass is 35.5. The predicted octanol–water partition coefficient (Wildman–Crippen LogP) is 3.81. The van der Waals surface area contributed by atoms with Crippen LogP contribution in [-0.4, -0.2) is 16.7 Å². The molecule has 0 bridgehead atoms. The molecule has 1 heterocycles. The number of anilines is 1. The first-order valence-electron chi connectivity index (χ1n) is 5.68. The molecule has 94 valence electrons. The van der Waals surface area contributed by atoms with Crippen LogP contribution in [0.5, 0.6) is 0 Å². The maximum atomic E-state index is 6.06. The van der Waals surface area contributed by atoms with Crippen LogP contribution in [0.2, 0.25) is 10.3 Å². The third-order valence-electron chi connectivity index (χ3n) is 2.64. The largest absolute Gasteiger partial charge is 0.365 e. The Kier molecular flexibility index (Phi) is 4.39. The molecule has 0 radical (unpaired) electrons. The maximum Gasteiger partial charge on any atom is 0.175 e. The van der Waals surface area contributed by atoms with Crippen molar-refractivity contribution in [3.8, 4) is 0 Å². The van der Waals surface area contributed by atoms with E-state index in [2.05, 4.69) is 34.2 Å². The van der Waals surface area contributed by atoms with Crippen LogP contribution in [0.15, 0.2) is 36.4 Å². The van der Waals surface area contributed by atoms with E-state index in [4.69, 9.17) is 23.2 Å². The smallest absolute Gasteiger partial charge is 0.175 e. The zero-order valence-electron chi connectivity index (χ0n) is 9.98. The van der Waals surface area contributed by atoms with Crippen molar-refractivity contribution < 1.29 is 0 Å². The lowest BCUT2D eigenvalue weighted by molar-refractivity contribution is 0.823. The van der Waals surface area contributed by atoms with E-state index in [1.54, 1.807) is 6.07 Å². The fraction of sp³-hybridized carbons (Fsp3) is 0.231. The SMILES string of the molecule is CCN(Cc1ccccc1)c1cc(Cl)nnc1Cl. The van der Waals surface area contributed by atoms with E-state index in [0.717, 1.165) is 18.8 Å². The molecule has 1 aromatic carbocycles. The third kappa shape index (κ3) is 3.12. The Bertz CT molecular complexity index is 517. The van der Waals surface area contributed by atoms with Crippen LogP contribution in [0.3, 0.4) is 0 Å². The number of hydrogen-bond acceptors (Lipinski definition) is 3. The number of halogens is 2. The van der Waals surface area contributed by atoms with Crippen LogP contribution in [0.1, 0.15) is 12.5 Å². The molecule has 0 N–H and O–H groups in total. The van der Waals surface area contributed by atoms with E-state index in [-0.39, 0.29) is 0 Å². The first-order chi connectivity index (χ1) is 8.70. The number of aromatic nitrogens is 2. The molecule has 0 saturated heterocycles. The zero-order chi connectivity index (χ0) is 13.0. The van der Waals surface area contributed by atoms with Gasteiger partial charge in [0.15, 0.2) is 10.3 Å². The molecule has 0 aliphatic heterocycles. The summed E-state index contributed by atoms with van der Waals surface area (Å²) in [5, 5.41) is 8.27. The van der Waals surface area contributed by atoms with E-state index >= 15 is 0 Å². The fourth-order valence-electron chi connectivity index (χ4n) is 1.74.